The number of anilines is 1. The fourth-order valence-electron chi connectivity index (χ4n) is 3.61. The van der Waals surface area contributed by atoms with Crippen LogP contribution in [0.3, 0.4) is 0 Å². The molecule has 3 rings (SSSR count). The number of rotatable bonds is 3. The minimum Gasteiger partial charge on any atom is -0.340 e. The number of piperazine rings is 1. The molecular weight excluding hydrogens is 302 g/mol. The lowest BCUT2D eigenvalue weighted by Gasteiger charge is -2.33. The van der Waals surface area contributed by atoms with Gasteiger partial charge in [-0.05, 0) is 24.6 Å². The Morgan fingerprint density at radius 1 is 1.12 bits per heavy atom. The number of hydrogen-bond donors (Lipinski definition) is 0. The van der Waals surface area contributed by atoms with Gasteiger partial charge in [0.05, 0.1) is 5.92 Å². The van der Waals surface area contributed by atoms with Crippen LogP contribution in [-0.4, -0.2) is 61.4 Å². The lowest BCUT2D eigenvalue weighted by molar-refractivity contribution is -0.137. The van der Waals surface area contributed by atoms with Gasteiger partial charge in [-0.15, -0.1) is 0 Å². The summed E-state index contributed by atoms with van der Waals surface area (Å²) in [6, 6.07) is 8.04. The van der Waals surface area contributed by atoms with Crippen molar-refractivity contribution in [3.05, 3.63) is 29.8 Å². The Hall–Kier alpha value is -1.88. The highest BCUT2D eigenvalue weighted by molar-refractivity contribution is 6.00. The quantitative estimate of drug-likeness (QED) is 0.851. The Balaban J connectivity index is 1.73. The van der Waals surface area contributed by atoms with Crippen LogP contribution in [0.4, 0.5) is 5.69 Å². The van der Waals surface area contributed by atoms with E-state index in [1.54, 1.807) is 0 Å². The average Bonchev–Trinajstić information content (AvgIpc) is 2.96. The number of para-hydroxylation sites is 1. The second-order valence-electron chi connectivity index (χ2n) is 7.25. The summed E-state index contributed by atoms with van der Waals surface area (Å²) >= 11 is 0. The van der Waals surface area contributed by atoms with Crippen LogP contribution in [0.1, 0.15) is 31.7 Å². The number of carbonyl (C=O) groups excluding carboxylic acids is 2. The van der Waals surface area contributed by atoms with E-state index in [2.05, 4.69) is 31.9 Å². The Bertz CT molecular complexity index is 621. The van der Waals surface area contributed by atoms with Crippen molar-refractivity contribution in [2.75, 3.05) is 44.7 Å². The zero-order valence-corrected chi connectivity index (χ0v) is 14.9. The minimum absolute atomic E-state index is 0.0653. The molecule has 2 aliphatic rings. The molecule has 2 amide bonds. The fourth-order valence-corrected chi connectivity index (χ4v) is 3.61. The molecule has 1 aromatic rings. The predicted octanol–water partition coefficient (Wildman–Crippen LogP) is 1.94. The van der Waals surface area contributed by atoms with E-state index in [-0.39, 0.29) is 17.7 Å². The van der Waals surface area contributed by atoms with Crippen molar-refractivity contribution in [1.82, 2.24) is 9.80 Å². The van der Waals surface area contributed by atoms with Crippen LogP contribution in [-0.2, 0) is 9.59 Å². The first kappa shape index (κ1) is 17.0. The Kier molecular flexibility index (Phi) is 4.90. The normalized spacial score (nSPS) is 22.5. The molecule has 1 aromatic carbocycles. The summed E-state index contributed by atoms with van der Waals surface area (Å²) in [6.45, 7) is 8.12. The van der Waals surface area contributed by atoms with Gasteiger partial charge in [-0.1, -0.05) is 32.0 Å². The second-order valence-corrected chi connectivity index (χ2v) is 7.25. The zero-order valence-electron chi connectivity index (χ0n) is 14.9. The van der Waals surface area contributed by atoms with Crippen molar-refractivity contribution in [3.8, 4) is 0 Å². The summed E-state index contributed by atoms with van der Waals surface area (Å²) < 4.78 is 0. The van der Waals surface area contributed by atoms with Gasteiger partial charge in [0.2, 0.25) is 11.8 Å². The van der Waals surface area contributed by atoms with Crippen LogP contribution in [0.5, 0.6) is 0 Å². The maximum Gasteiger partial charge on any atom is 0.228 e. The molecule has 0 N–H and O–H groups in total. The molecule has 24 heavy (non-hydrogen) atoms. The van der Waals surface area contributed by atoms with E-state index in [0.29, 0.717) is 18.9 Å². The fraction of sp³-hybridized carbons (Fsp3) is 0.579. The number of nitrogens with zero attached hydrogens (tertiary/aromatic N) is 3. The van der Waals surface area contributed by atoms with E-state index in [1.165, 1.54) is 5.56 Å². The van der Waals surface area contributed by atoms with E-state index >= 15 is 0 Å². The summed E-state index contributed by atoms with van der Waals surface area (Å²) in [6.07, 6.45) is 0.331. The highest BCUT2D eigenvalue weighted by atomic mass is 16.2. The number of benzene rings is 1. The molecule has 2 saturated heterocycles. The molecule has 2 heterocycles. The molecule has 0 saturated carbocycles. The molecule has 130 valence electrons. The molecule has 2 fully saturated rings. The molecule has 2 aliphatic heterocycles. The van der Waals surface area contributed by atoms with E-state index in [9.17, 15) is 9.59 Å². The first-order valence-electron chi connectivity index (χ1n) is 8.84. The van der Waals surface area contributed by atoms with E-state index < -0.39 is 0 Å². The smallest absolute Gasteiger partial charge is 0.228 e. The van der Waals surface area contributed by atoms with E-state index in [4.69, 9.17) is 0 Å². The lowest BCUT2D eigenvalue weighted by Crippen LogP contribution is -2.49. The molecule has 0 aliphatic carbocycles. The molecule has 0 spiro atoms. The van der Waals surface area contributed by atoms with Crippen molar-refractivity contribution < 1.29 is 9.59 Å². The van der Waals surface area contributed by atoms with Gasteiger partial charge in [0.15, 0.2) is 0 Å². The molecule has 5 heteroatoms. The third kappa shape index (κ3) is 3.31. The summed E-state index contributed by atoms with van der Waals surface area (Å²) in [5.41, 5.74) is 2.13. The van der Waals surface area contributed by atoms with E-state index in [0.717, 1.165) is 31.9 Å². The first-order valence-corrected chi connectivity index (χ1v) is 8.84. The topological polar surface area (TPSA) is 43.9 Å². The summed E-state index contributed by atoms with van der Waals surface area (Å²) in [5.74, 6) is 0.346. The Morgan fingerprint density at radius 2 is 1.79 bits per heavy atom. The van der Waals surface area contributed by atoms with Gasteiger partial charge in [0.25, 0.3) is 0 Å². The summed E-state index contributed by atoms with van der Waals surface area (Å²) in [4.78, 5) is 31.3. The van der Waals surface area contributed by atoms with Crippen molar-refractivity contribution in [1.29, 1.82) is 0 Å². The molecular formula is C19H27N3O2. The van der Waals surface area contributed by atoms with Crippen molar-refractivity contribution in [3.63, 3.8) is 0 Å². The standard InChI is InChI=1S/C19H27N3O2/c1-14(2)16-6-4-5-7-17(16)22-13-15(12-18(22)23)19(24)21-10-8-20(3)9-11-21/h4-7,14-15H,8-13H2,1-3H3. The molecule has 0 radical (unpaired) electrons. The largest absolute Gasteiger partial charge is 0.340 e. The van der Waals surface area contributed by atoms with Gasteiger partial charge in [0, 0.05) is 44.8 Å². The van der Waals surface area contributed by atoms with Crippen molar-refractivity contribution >= 4 is 17.5 Å². The van der Waals surface area contributed by atoms with Crippen LogP contribution < -0.4 is 4.90 Å². The van der Waals surface area contributed by atoms with Gasteiger partial charge >= 0.3 is 0 Å². The number of amides is 2. The van der Waals surface area contributed by atoms with Gasteiger partial charge in [0.1, 0.15) is 0 Å². The molecule has 0 aromatic heterocycles. The van der Waals surface area contributed by atoms with Crippen LogP contribution in [0.2, 0.25) is 0 Å². The number of likely N-dealkylation sites (N-methyl/N-ethyl adjacent to an activating group) is 1. The maximum absolute atomic E-state index is 12.8. The van der Waals surface area contributed by atoms with Gasteiger partial charge in [-0.2, -0.15) is 0 Å². The Labute approximate surface area is 144 Å². The van der Waals surface area contributed by atoms with Gasteiger partial charge in [-0.3, -0.25) is 9.59 Å². The molecule has 0 bridgehead atoms. The van der Waals surface area contributed by atoms with Crippen LogP contribution in [0, 0.1) is 5.92 Å². The number of carbonyl (C=O) groups is 2. The Morgan fingerprint density at radius 3 is 2.46 bits per heavy atom. The average molecular weight is 329 g/mol. The zero-order chi connectivity index (χ0) is 17.3. The highest BCUT2D eigenvalue weighted by Crippen LogP contribution is 2.32. The van der Waals surface area contributed by atoms with Crippen LogP contribution in [0.15, 0.2) is 24.3 Å². The predicted molar refractivity (Wildman–Crippen MR) is 95.1 cm³/mol. The maximum atomic E-state index is 12.8. The SMILES string of the molecule is CC(C)c1ccccc1N1CC(C(=O)N2CCN(C)CC2)CC1=O. The molecule has 5 nitrogen and oxygen atoms in total. The molecule has 1 unspecified atom stereocenters. The third-order valence-corrected chi connectivity index (χ3v) is 5.14. The van der Waals surface area contributed by atoms with Crippen molar-refractivity contribution in [2.45, 2.75) is 26.2 Å². The minimum atomic E-state index is -0.207. The highest BCUT2D eigenvalue weighted by Gasteiger charge is 2.38. The van der Waals surface area contributed by atoms with Crippen molar-refractivity contribution in [2.24, 2.45) is 5.92 Å². The summed E-state index contributed by atoms with van der Waals surface area (Å²) in [5, 5.41) is 0. The van der Waals surface area contributed by atoms with Gasteiger partial charge < -0.3 is 14.7 Å². The summed E-state index contributed by atoms with van der Waals surface area (Å²) in [7, 11) is 2.07. The third-order valence-electron chi connectivity index (χ3n) is 5.14. The number of hydrogen-bond acceptors (Lipinski definition) is 3. The lowest BCUT2D eigenvalue weighted by atomic mass is 10.0. The van der Waals surface area contributed by atoms with Crippen LogP contribution >= 0.6 is 0 Å². The van der Waals surface area contributed by atoms with E-state index in [1.807, 2.05) is 28.0 Å². The monoisotopic (exact) mass is 329 g/mol. The second kappa shape index (κ2) is 6.93. The first-order chi connectivity index (χ1) is 11.5. The van der Waals surface area contributed by atoms with Gasteiger partial charge in [-0.25, -0.2) is 0 Å². The van der Waals surface area contributed by atoms with Crippen LogP contribution in [0.25, 0.3) is 0 Å². The molecule has 1 atom stereocenters.